The minimum Gasteiger partial charge on any atom is -0.392 e. The molecule has 0 aliphatic rings. The van der Waals surface area contributed by atoms with E-state index in [1.54, 1.807) is 23.7 Å². The van der Waals surface area contributed by atoms with Gasteiger partial charge in [-0.05, 0) is 30.2 Å². The van der Waals surface area contributed by atoms with Gasteiger partial charge in [-0.15, -0.1) is 0 Å². The monoisotopic (exact) mass is 309 g/mol. The summed E-state index contributed by atoms with van der Waals surface area (Å²) in [5, 5.41) is 13.4. The molecule has 0 aliphatic heterocycles. The summed E-state index contributed by atoms with van der Waals surface area (Å²) in [7, 11) is -1.77. The molecule has 21 heavy (non-hydrogen) atoms. The van der Waals surface area contributed by atoms with Crippen LogP contribution in [0.4, 0.5) is 0 Å². The highest BCUT2D eigenvalue weighted by atomic mass is 32.2. The molecule has 1 aromatic carbocycles. The minimum atomic E-state index is -3.58. The van der Waals surface area contributed by atoms with Crippen LogP contribution in [0.3, 0.4) is 0 Å². The highest BCUT2D eigenvalue weighted by molar-refractivity contribution is 7.89. The van der Waals surface area contributed by atoms with Crippen molar-refractivity contribution >= 4 is 10.0 Å². The molecule has 0 saturated heterocycles. The van der Waals surface area contributed by atoms with Gasteiger partial charge in [-0.25, -0.2) is 13.1 Å². The zero-order valence-electron chi connectivity index (χ0n) is 12.1. The van der Waals surface area contributed by atoms with E-state index in [0.29, 0.717) is 17.5 Å². The van der Waals surface area contributed by atoms with Crippen molar-refractivity contribution in [3.8, 4) is 0 Å². The highest BCUT2D eigenvalue weighted by Crippen LogP contribution is 2.18. The third kappa shape index (κ3) is 3.69. The third-order valence-corrected chi connectivity index (χ3v) is 4.90. The Morgan fingerprint density at radius 3 is 2.71 bits per heavy atom. The number of sulfonamides is 1. The van der Waals surface area contributed by atoms with E-state index in [4.69, 9.17) is 0 Å². The average molecular weight is 309 g/mol. The molecule has 114 valence electrons. The van der Waals surface area contributed by atoms with Gasteiger partial charge in [-0.3, -0.25) is 4.68 Å². The van der Waals surface area contributed by atoms with Crippen molar-refractivity contribution in [2.45, 2.75) is 24.8 Å². The van der Waals surface area contributed by atoms with E-state index in [-0.39, 0.29) is 18.0 Å². The standard InChI is InChI=1S/C14H19N3O3S/c1-11-12(10-18)4-3-5-14(11)21(19,20)15-8-6-13-7-9-17(2)16-13/h3-5,7,9,15,18H,6,8,10H2,1-2H3. The van der Waals surface area contributed by atoms with Crippen LogP contribution >= 0.6 is 0 Å². The topological polar surface area (TPSA) is 84.2 Å². The Bertz CT molecular complexity index is 723. The second-order valence-corrected chi connectivity index (χ2v) is 6.56. The first-order valence-corrected chi connectivity index (χ1v) is 8.10. The first-order valence-electron chi connectivity index (χ1n) is 6.61. The Hall–Kier alpha value is -1.70. The lowest BCUT2D eigenvalue weighted by atomic mass is 10.1. The summed E-state index contributed by atoms with van der Waals surface area (Å²) < 4.78 is 28.8. The number of aliphatic hydroxyl groups is 1. The molecule has 7 heteroatoms. The summed E-state index contributed by atoms with van der Waals surface area (Å²) in [5.41, 5.74) is 2.02. The molecule has 0 saturated carbocycles. The molecule has 1 aromatic heterocycles. The Morgan fingerprint density at radius 1 is 1.33 bits per heavy atom. The lowest BCUT2D eigenvalue weighted by molar-refractivity contribution is 0.280. The van der Waals surface area contributed by atoms with Crippen LogP contribution in [-0.4, -0.2) is 29.8 Å². The van der Waals surface area contributed by atoms with Crippen molar-refractivity contribution in [2.24, 2.45) is 7.05 Å². The summed E-state index contributed by atoms with van der Waals surface area (Å²) in [6, 6.07) is 6.73. The van der Waals surface area contributed by atoms with Crippen LogP contribution in [0.1, 0.15) is 16.8 Å². The predicted molar refractivity (Wildman–Crippen MR) is 79.2 cm³/mol. The second kappa shape index (κ2) is 6.38. The summed E-state index contributed by atoms with van der Waals surface area (Å²) in [6.45, 7) is 1.80. The summed E-state index contributed by atoms with van der Waals surface area (Å²) in [4.78, 5) is 0.204. The van der Waals surface area contributed by atoms with Crippen molar-refractivity contribution < 1.29 is 13.5 Å². The fourth-order valence-electron chi connectivity index (χ4n) is 2.11. The van der Waals surface area contributed by atoms with Gasteiger partial charge in [-0.1, -0.05) is 12.1 Å². The first-order chi connectivity index (χ1) is 9.94. The van der Waals surface area contributed by atoms with Crippen LogP contribution in [0.25, 0.3) is 0 Å². The fourth-order valence-corrected chi connectivity index (χ4v) is 3.43. The molecule has 0 radical (unpaired) electrons. The summed E-state index contributed by atoms with van der Waals surface area (Å²) in [5.74, 6) is 0. The zero-order valence-corrected chi connectivity index (χ0v) is 12.9. The second-order valence-electron chi connectivity index (χ2n) is 4.83. The molecule has 2 rings (SSSR count). The van der Waals surface area contributed by atoms with Crippen LogP contribution in [0.15, 0.2) is 35.4 Å². The van der Waals surface area contributed by atoms with E-state index in [0.717, 1.165) is 5.69 Å². The van der Waals surface area contributed by atoms with Gasteiger partial charge in [0.1, 0.15) is 0 Å². The van der Waals surface area contributed by atoms with Gasteiger partial charge in [0.15, 0.2) is 0 Å². The van der Waals surface area contributed by atoms with Gasteiger partial charge >= 0.3 is 0 Å². The van der Waals surface area contributed by atoms with E-state index < -0.39 is 10.0 Å². The predicted octanol–water partition coefficient (Wildman–Crippen LogP) is 0.742. The zero-order chi connectivity index (χ0) is 15.5. The fraction of sp³-hybridized carbons (Fsp3) is 0.357. The number of aromatic nitrogens is 2. The molecule has 0 spiro atoms. The van der Waals surface area contributed by atoms with Crippen LogP contribution in [0.5, 0.6) is 0 Å². The Labute approximate surface area is 124 Å². The smallest absolute Gasteiger partial charge is 0.240 e. The van der Waals surface area contributed by atoms with Crippen molar-refractivity contribution in [1.29, 1.82) is 0 Å². The SMILES string of the molecule is Cc1c(CO)cccc1S(=O)(=O)NCCc1ccn(C)n1. The van der Waals surface area contributed by atoms with Crippen molar-refractivity contribution in [3.05, 3.63) is 47.3 Å². The Balaban J connectivity index is 2.08. The number of benzene rings is 1. The van der Waals surface area contributed by atoms with Crippen molar-refractivity contribution in [1.82, 2.24) is 14.5 Å². The summed E-state index contributed by atoms with van der Waals surface area (Å²) >= 11 is 0. The number of aryl methyl sites for hydroxylation is 1. The van der Waals surface area contributed by atoms with Crippen molar-refractivity contribution in [2.75, 3.05) is 6.54 Å². The maximum Gasteiger partial charge on any atom is 0.240 e. The van der Waals surface area contributed by atoms with Gasteiger partial charge in [0.2, 0.25) is 10.0 Å². The molecule has 6 nitrogen and oxygen atoms in total. The number of aliphatic hydroxyl groups excluding tert-OH is 1. The Morgan fingerprint density at radius 2 is 2.10 bits per heavy atom. The van der Waals surface area contributed by atoms with E-state index >= 15 is 0 Å². The van der Waals surface area contributed by atoms with E-state index in [1.165, 1.54) is 6.07 Å². The number of hydrogen-bond donors (Lipinski definition) is 2. The summed E-state index contributed by atoms with van der Waals surface area (Å²) in [6.07, 6.45) is 2.34. The van der Waals surface area contributed by atoms with Gasteiger partial charge < -0.3 is 5.11 Å². The van der Waals surface area contributed by atoms with E-state index in [2.05, 4.69) is 9.82 Å². The highest BCUT2D eigenvalue weighted by Gasteiger charge is 2.17. The molecule has 2 aromatic rings. The van der Waals surface area contributed by atoms with Gasteiger partial charge in [-0.2, -0.15) is 5.10 Å². The average Bonchev–Trinajstić information content (AvgIpc) is 2.84. The number of hydrogen-bond acceptors (Lipinski definition) is 4. The van der Waals surface area contributed by atoms with Gasteiger partial charge in [0.05, 0.1) is 17.2 Å². The molecular formula is C14H19N3O3S. The third-order valence-electron chi connectivity index (χ3n) is 3.30. The maximum absolute atomic E-state index is 12.3. The normalized spacial score (nSPS) is 11.8. The van der Waals surface area contributed by atoms with Gasteiger partial charge in [0.25, 0.3) is 0 Å². The van der Waals surface area contributed by atoms with Crippen LogP contribution in [-0.2, 0) is 30.1 Å². The van der Waals surface area contributed by atoms with Crippen LogP contribution in [0.2, 0.25) is 0 Å². The Kier molecular flexibility index (Phi) is 4.76. The number of rotatable bonds is 6. The maximum atomic E-state index is 12.3. The molecule has 2 N–H and O–H groups in total. The molecule has 1 heterocycles. The van der Waals surface area contributed by atoms with Gasteiger partial charge in [0, 0.05) is 26.2 Å². The molecular weight excluding hydrogens is 290 g/mol. The lowest BCUT2D eigenvalue weighted by Gasteiger charge is -2.11. The van der Waals surface area contributed by atoms with Crippen LogP contribution < -0.4 is 4.72 Å². The molecule has 0 amide bonds. The molecule has 0 atom stereocenters. The molecule has 0 aliphatic carbocycles. The molecule has 0 bridgehead atoms. The van der Waals surface area contributed by atoms with E-state index in [9.17, 15) is 13.5 Å². The molecule has 0 fully saturated rings. The molecule has 0 unspecified atom stereocenters. The van der Waals surface area contributed by atoms with E-state index in [1.807, 2.05) is 19.3 Å². The largest absolute Gasteiger partial charge is 0.392 e. The quantitative estimate of drug-likeness (QED) is 0.824. The lowest BCUT2D eigenvalue weighted by Crippen LogP contribution is -2.27. The minimum absolute atomic E-state index is 0.177. The number of nitrogens with zero attached hydrogens (tertiary/aromatic N) is 2. The number of nitrogens with one attached hydrogen (secondary N) is 1. The first kappa shape index (κ1) is 15.7. The van der Waals surface area contributed by atoms with Crippen molar-refractivity contribution in [3.63, 3.8) is 0 Å². The van der Waals surface area contributed by atoms with Crippen LogP contribution in [0, 0.1) is 6.92 Å².